The number of aliphatic carboxylic acids is 1. The van der Waals surface area contributed by atoms with E-state index in [2.05, 4.69) is 5.32 Å². The number of carboxylic acids is 1. The van der Waals surface area contributed by atoms with Gasteiger partial charge in [-0.2, -0.15) is 0 Å². The van der Waals surface area contributed by atoms with Gasteiger partial charge in [-0.15, -0.1) is 0 Å². The van der Waals surface area contributed by atoms with E-state index in [0.717, 1.165) is 24.1 Å². The second-order valence-electron chi connectivity index (χ2n) is 6.44. The first-order valence-corrected chi connectivity index (χ1v) is 8.48. The largest absolute Gasteiger partial charge is 0.480 e. The molecular formula is C20H22N2O3. The monoisotopic (exact) mass is 338 g/mol. The zero-order chi connectivity index (χ0) is 17.8. The molecule has 0 saturated heterocycles. The maximum Gasteiger partial charge on any atom is 0.320 e. The second kappa shape index (κ2) is 7.49. The Morgan fingerprint density at radius 3 is 2.52 bits per heavy atom. The zero-order valence-corrected chi connectivity index (χ0v) is 14.2. The van der Waals surface area contributed by atoms with Crippen LogP contribution in [0.4, 0.5) is 5.69 Å². The summed E-state index contributed by atoms with van der Waals surface area (Å²) >= 11 is 0. The van der Waals surface area contributed by atoms with Gasteiger partial charge in [-0.05, 0) is 49.6 Å². The fourth-order valence-electron chi connectivity index (χ4n) is 2.88. The number of benzene rings is 2. The summed E-state index contributed by atoms with van der Waals surface area (Å²) in [6.45, 7) is 2.25. The topological polar surface area (TPSA) is 69.6 Å². The molecule has 1 unspecified atom stereocenters. The summed E-state index contributed by atoms with van der Waals surface area (Å²) in [6.07, 6.45) is 2.07. The summed E-state index contributed by atoms with van der Waals surface area (Å²) in [5.74, 6) is -0.984. The van der Waals surface area contributed by atoms with Crippen LogP contribution in [0.15, 0.2) is 54.6 Å². The molecule has 1 fully saturated rings. The van der Waals surface area contributed by atoms with Crippen LogP contribution in [-0.4, -0.2) is 34.0 Å². The molecule has 0 aliphatic heterocycles. The third-order valence-corrected chi connectivity index (χ3v) is 4.46. The van der Waals surface area contributed by atoms with Crippen molar-refractivity contribution in [1.82, 2.24) is 4.90 Å². The molecule has 1 aliphatic rings. The van der Waals surface area contributed by atoms with Crippen molar-refractivity contribution >= 4 is 17.6 Å². The van der Waals surface area contributed by atoms with Crippen molar-refractivity contribution < 1.29 is 14.7 Å². The Kier molecular flexibility index (Phi) is 5.14. The molecule has 130 valence electrons. The van der Waals surface area contributed by atoms with E-state index in [0.29, 0.717) is 18.2 Å². The summed E-state index contributed by atoms with van der Waals surface area (Å²) < 4.78 is 0. The molecule has 1 aliphatic carbocycles. The van der Waals surface area contributed by atoms with E-state index in [-0.39, 0.29) is 5.91 Å². The number of amides is 1. The Hall–Kier alpha value is -2.66. The number of hydrogen-bond donors (Lipinski definition) is 2. The van der Waals surface area contributed by atoms with Crippen molar-refractivity contribution in [3.05, 3.63) is 65.7 Å². The van der Waals surface area contributed by atoms with Crippen molar-refractivity contribution in [2.75, 3.05) is 5.32 Å². The number of hydrogen-bond acceptors (Lipinski definition) is 3. The van der Waals surface area contributed by atoms with Gasteiger partial charge in [-0.3, -0.25) is 14.5 Å². The Morgan fingerprint density at radius 1 is 1.16 bits per heavy atom. The summed E-state index contributed by atoms with van der Waals surface area (Å²) in [7, 11) is 0. The Morgan fingerprint density at radius 2 is 1.88 bits per heavy atom. The fourth-order valence-corrected chi connectivity index (χ4v) is 2.88. The van der Waals surface area contributed by atoms with Crippen molar-refractivity contribution in [2.45, 2.75) is 38.4 Å². The fraction of sp³-hybridized carbons (Fsp3) is 0.300. The van der Waals surface area contributed by atoms with E-state index in [1.54, 1.807) is 13.0 Å². The summed E-state index contributed by atoms with van der Waals surface area (Å²) in [6, 6.07) is 16.5. The number of carbonyl (C=O) groups is 2. The first-order valence-electron chi connectivity index (χ1n) is 8.48. The van der Waals surface area contributed by atoms with Gasteiger partial charge in [0.05, 0.1) is 0 Å². The molecule has 3 rings (SSSR count). The molecule has 0 aromatic heterocycles. The Labute approximate surface area is 147 Å². The maximum absolute atomic E-state index is 12.4. The van der Waals surface area contributed by atoms with E-state index in [9.17, 15) is 14.7 Å². The van der Waals surface area contributed by atoms with Crippen LogP contribution in [0.25, 0.3) is 0 Å². The minimum absolute atomic E-state index is 0.169. The molecule has 0 bridgehead atoms. The standard InChI is InChI=1S/C20H22N2O3/c1-14(20(24)25)22(18-10-11-18)13-15-6-5-7-16(12-15)19(23)21-17-8-3-2-4-9-17/h2-9,12,14,18H,10-11,13H2,1H3,(H,21,23)(H,24,25). The highest BCUT2D eigenvalue weighted by Crippen LogP contribution is 2.30. The van der Waals surface area contributed by atoms with Crippen LogP contribution in [0.2, 0.25) is 0 Å². The van der Waals surface area contributed by atoms with Gasteiger partial charge < -0.3 is 10.4 Å². The highest BCUT2D eigenvalue weighted by molar-refractivity contribution is 6.04. The summed E-state index contributed by atoms with van der Waals surface area (Å²) in [4.78, 5) is 25.8. The SMILES string of the molecule is CC(C(=O)O)N(Cc1cccc(C(=O)Nc2ccccc2)c1)C1CC1. The number of carboxylic acid groups (broad SMARTS) is 1. The third kappa shape index (κ3) is 4.45. The van der Waals surface area contributed by atoms with Crippen molar-refractivity contribution in [3.63, 3.8) is 0 Å². The highest BCUT2D eigenvalue weighted by Gasteiger charge is 2.34. The van der Waals surface area contributed by atoms with Gasteiger partial charge in [-0.1, -0.05) is 30.3 Å². The molecule has 5 heteroatoms. The van der Waals surface area contributed by atoms with Crippen LogP contribution in [0.3, 0.4) is 0 Å². The van der Waals surface area contributed by atoms with Crippen LogP contribution >= 0.6 is 0 Å². The Balaban J connectivity index is 1.72. The van der Waals surface area contributed by atoms with E-state index in [1.807, 2.05) is 53.4 Å². The minimum Gasteiger partial charge on any atom is -0.480 e. The average Bonchev–Trinajstić information content (AvgIpc) is 3.45. The molecule has 2 aromatic carbocycles. The van der Waals surface area contributed by atoms with Gasteiger partial charge in [0.2, 0.25) is 0 Å². The van der Waals surface area contributed by atoms with E-state index < -0.39 is 12.0 Å². The lowest BCUT2D eigenvalue weighted by Gasteiger charge is -2.26. The van der Waals surface area contributed by atoms with Gasteiger partial charge in [-0.25, -0.2) is 0 Å². The van der Waals surface area contributed by atoms with Crippen LogP contribution in [0.5, 0.6) is 0 Å². The number of rotatable bonds is 7. The molecule has 0 radical (unpaired) electrons. The lowest BCUT2D eigenvalue weighted by atomic mass is 10.1. The average molecular weight is 338 g/mol. The van der Waals surface area contributed by atoms with Crippen LogP contribution < -0.4 is 5.32 Å². The lowest BCUT2D eigenvalue weighted by molar-refractivity contribution is -0.143. The number of para-hydroxylation sites is 1. The molecule has 5 nitrogen and oxygen atoms in total. The summed E-state index contributed by atoms with van der Waals surface area (Å²) in [5.41, 5.74) is 2.26. The molecule has 1 saturated carbocycles. The second-order valence-corrected chi connectivity index (χ2v) is 6.44. The molecule has 1 amide bonds. The first-order chi connectivity index (χ1) is 12.0. The van der Waals surface area contributed by atoms with Crippen LogP contribution in [0, 0.1) is 0 Å². The minimum atomic E-state index is -0.815. The third-order valence-electron chi connectivity index (χ3n) is 4.46. The molecule has 2 N–H and O–H groups in total. The number of anilines is 1. The molecule has 1 atom stereocenters. The lowest BCUT2D eigenvalue weighted by Crippen LogP contribution is -2.40. The maximum atomic E-state index is 12.4. The number of nitrogens with one attached hydrogen (secondary N) is 1. The zero-order valence-electron chi connectivity index (χ0n) is 14.2. The van der Waals surface area contributed by atoms with Crippen molar-refractivity contribution in [1.29, 1.82) is 0 Å². The predicted octanol–water partition coefficient (Wildman–Crippen LogP) is 3.38. The van der Waals surface area contributed by atoms with Gasteiger partial charge in [0.1, 0.15) is 6.04 Å². The summed E-state index contributed by atoms with van der Waals surface area (Å²) in [5, 5.41) is 12.2. The highest BCUT2D eigenvalue weighted by atomic mass is 16.4. The Bertz CT molecular complexity index is 757. The van der Waals surface area contributed by atoms with E-state index in [1.165, 1.54) is 0 Å². The van der Waals surface area contributed by atoms with Crippen LogP contribution in [-0.2, 0) is 11.3 Å². The van der Waals surface area contributed by atoms with Crippen LogP contribution in [0.1, 0.15) is 35.7 Å². The van der Waals surface area contributed by atoms with Gasteiger partial charge >= 0.3 is 5.97 Å². The number of carbonyl (C=O) groups excluding carboxylic acids is 1. The molecule has 25 heavy (non-hydrogen) atoms. The molecule has 0 spiro atoms. The normalized spacial score (nSPS) is 15.0. The van der Waals surface area contributed by atoms with E-state index >= 15 is 0 Å². The molecule has 2 aromatic rings. The van der Waals surface area contributed by atoms with Crippen molar-refractivity contribution in [3.8, 4) is 0 Å². The molecular weight excluding hydrogens is 316 g/mol. The van der Waals surface area contributed by atoms with E-state index in [4.69, 9.17) is 0 Å². The van der Waals surface area contributed by atoms with Gasteiger partial charge in [0.15, 0.2) is 0 Å². The molecule has 0 heterocycles. The van der Waals surface area contributed by atoms with Crippen molar-refractivity contribution in [2.24, 2.45) is 0 Å². The quantitative estimate of drug-likeness (QED) is 0.812. The number of nitrogens with zero attached hydrogens (tertiary/aromatic N) is 1. The van der Waals surface area contributed by atoms with Gasteiger partial charge in [0.25, 0.3) is 5.91 Å². The smallest absolute Gasteiger partial charge is 0.320 e. The first kappa shape index (κ1) is 17.2. The predicted molar refractivity (Wildman–Crippen MR) is 96.5 cm³/mol. The van der Waals surface area contributed by atoms with Gasteiger partial charge in [0, 0.05) is 23.8 Å².